The van der Waals surface area contributed by atoms with Crippen molar-refractivity contribution in [2.45, 2.75) is 63.1 Å². The Morgan fingerprint density at radius 1 is 1.06 bits per heavy atom. The van der Waals surface area contributed by atoms with Crippen molar-refractivity contribution in [3.05, 3.63) is 70.6 Å². The summed E-state index contributed by atoms with van der Waals surface area (Å²) >= 11 is 1.83. The van der Waals surface area contributed by atoms with Crippen LogP contribution in [0.25, 0.3) is 10.1 Å². The zero-order chi connectivity index (χ0) is 22.1. The Kier molecular flexibility index (Phi) is 6.31. The van der Waals surface area contributed by atoms with E-state index >= 15 is 0 Å². The molecule has 1 saturated carbocycles. The van der Waals surface area contributed by atoms with Crippen molar-refractivity contribution in [3.8, 4) is 0 Å². The molecule has 1 amide bonds. The normalized spacial score (nSPS) is 23.0. The van der Waals surface area contributed by atoms with Gasteiger partial charge in [-0.25, -0.2) is 0 Å². The number of nitrogens with one attached hydrogen (secondary N) is 1. The van der Waals surface area contributed by atoms with E-state index in [4.69, 9.17) is 0 Å². The molecule has 3 aromatic rings. The summed E-state index contributed by atoms with van der Waals surface area (Å²) in [5, 5.41) is 17.2. The molecule has 1 unspecified atom stereocenters. The molecular formula is C27H32N2O2S. The molecule has 4 nitrogen and oxygen atoms in total. The van der Waals surface area contributed by atoms with E-state index in [-0.39, 0.29) is 12.0 Å². The number of carbonyl (C=O) groups excluding carboxylic acids is 1. The second kappa shape index (κ2) is 9.34. The molecule has 2 fully saturated rings. The minimum absolute atomic E-state index is 0.0891. The van der Waals surface area contributed by atoms with E-state index < -0.39 is 0 Å². The lowest BCUT2D eigenvalue weighted by Crippen LogP contribution is -2.40. The van der Waals surface area contributed by atoms with Crippen LogP contribution in [0.4, 0.5) is 0 Å². The molecule has 3 atom stereocenters. The van der Waals surface area contributed by atoms with Crippen molar-refractivity contribution in [1.82, 2.24) is 10.2 Å². The van der Waals surface area contributed by atoms with Gasteiger partial charge in [0.05, 0.1) is 6.10 Å². The number of aliphatic hydroxyl groups is 1. The SMILES string of the molecule is C[C@@H](NC1CC[C@H](c2ccc(C(=O)N3CCC(O)CC3)cc2)C1)c1csc2ccccc12. The van der Waals surface area contributed by atoms with Crippen LogP contribution in [-0.4, -0.2) is 41.1 Å². The zero-order valence-electron chi connectivity index (χ0n) is 18.7. The first-order chi connectivity index (χ1) is 15.6. The summed E-state index contributed by atoms with van der Waals surface area (Å²) in [6.45, 7) is 3.58. The van der Waals surface area contributed by atoms with E-state index in [2.05, 4.69) is 54.0 Å². The molecule has 5 heteroatoms. The Morgan fingerprint density at radius 2 is 1.81 bits per heavy atom. The highest BCUT2D eigenvalue weighted by atomic mass is 32.1. The molecule has 1 aromatic heterocycles. The number of rotatable bonds is 5. The molecule has 0 radical (unpaired) electrons. The monoisotopic (exact) mass is 448 g/mol. The summed E-state index contributed by atoms with van der Waals surface area (Å²) < 4.78 is 1.36. The quantitative estimate of drug-likeness (QED) is 0.543. The predicted molar refractivity (Wildman–Crippen MR) is 131 cm³/mol. The molecule has 2 aromatic carbocycles. The Balaban J connectivity index is 1.18. The molecule has 32 heavy (non-hydrogen) atoms. The fourth-order valence-corrected chi connectivity index (χ4v) is 6.42. The van der Waals surface area contributed by atoms with Gasteiger partial charge in [-0.1, -0.05) is 30.3 Å². The van der Waals surface area contributed by atoms with Gasteiger partial charge in [0, 0.05) is 35.4 Å². The molecule has 2 heterocycles. The number of nitrogens with zero attached hydrogens (tertiary/aromatic N) is 1. The van der Waals surface area contributed by atoms with Crippen molar-refractivity contribution >= 4 is 27.3 Å². The Labute approximate surface area is 194 Å². The van der Waals surface area contributed by atoms with Gasteiger partial charge in [0.25, 0.3) is 5.91 Å². The molecule has 0 spiro atoms. The van der Waals surface area contributed by atoms with E-state index in [9.17, 15) is 9.90 Å². The van der Waals surface area contributed by atoms with Crippen LogP contribution >= 0.6 is 11.3 Å². The lowest BCUT2D eigenvalue weighted by molar-refractivity contribution is 0.0546. The number of fused-ring (bicyclic) bond motifs is 1. The third kappa shape index (κ3) is 4.47. The van der Waals surface area contributed by atoms with Crippen molar-refractivity contribution < 1.29 is 9.90 Å². The minimum atomic E-state index is -0.258. The maximum absolute atomic E-state index is 12.8. The second-order valence-corrected chi connectivity index (χ2v) is 10.3. The number of amides is 1. The largest absolute Gasteiger partial charge is 0.393 e. The number of benzene rings is 2. The summed E-state index contributed by atoms with van der Waals surface area (Å²) in [5.74, 6) is 0.638. The molecule has 1 aliphatic heterocycles. The summed E-state index contributed by atoms with van der Waals surface area (Å²) in [5.41, 5.74) is 3.51. The van der Waals surface area contributed by atoms with Gasteiger partial charge in [-0.15, -0.1) is 11.3 Å². The van der Waals surface area contributed by atoms with Crippen LogP contribution in [0.15, 0.2) is 53.9 Å². The average molecular weight is 449 g/mol. The van der Waals surface area contributed by atoms with Crippen LogP contribution in [0.5, 0.6) is 0 Å². The Morgan fingerprint density at radius 3 is 2.59 bits per heavy atom. The average Bonchev–Trinajstić information content (AvgIpc) is 3.46. The zero-order valence-corrected chi connectivity index (χ0v) is 19.5. The molecular weight excluding hydrogens is 416 g/mol. The number of likely N-dealkylation sites (tertiary alicyclic amines) is 1. The molecule has 1 saturated heterocycles. The van der Waals surface area contributed by atoms with E-state index in [0.29, 0.717) is 43.9 Å². The van der Waals surface area contributed by atoms with Gasteiger partial charge in [0.15, 0.2) is 0 Å². The molecule has 2 N–H and O–H groups in total. The van der Waals surface area contributed by atoms with Crippen molar-refractivity contribution in [2.75, 3.05) is 13.1 Å². The number of carbonyl (C=O) groups is 1. The fraction of sp³-hybridized carbons (Fsp3) is 0.444. The number of hydrogen-bond acceptors (Lipinski definition) is 4. The molecule has 168 valence electrons. The van der Waals surface area contributed by atoms with Crippen molar-refractivity contribution in [1.29, 1.82) is 0 Å². The highest BCUT2D eigenvalue weighted by Crippen LogP contribution is 2.37. The lowest BCUT2D eigenvalue weighted by Gasteiger charge is -2.29. The number of hydrogen-bond donors (Lipinski definition) is 2. The van der Waals surface area contributed by atoms with Crippen LogP contribution in [0, 0.1) is 0 Å². The van der Waals surface area contributed by atoms with E-state index in [1.807, 2.05) is 28.4 Å². The van der Waals surface area contributed by atoms with Crippen LogP contribution < -0.4 is 5.32 Å². The fourth-order valence-electron chi connectivity index (χ4n) is 5.36. The van der Waals surface area contributed by atoms with Gasteiger partial charge < -0.3 is 15.3 Å². The predicted octanol–water partition coefficient (Wildman–Crippen LogP) is 5.49. The smallest absolute Gasteiger partial charge is 0.253 e. The Bertz CT molecular complexity index is 1070. The summed E-state index contributed by atoms with van der Waals surface area (Å²) in [4.78, 5) is 14.6. The van der Waals surface area contributed by atoms with Crippen LogP contribution in [0.3, 0.4) is 0 Å². The summed E-state index contributed by atoms with van der Waals surface area (Å²) in [7, 11) is 0. The minimum Gasteiger partial charge on any atom is -0.393 e. The van der Waals surface area contributed by atoms with E-state index in [0.717, 1.165) is 12.0 Å². The van der Waals surface area contributed by atoms with Gasteiger partial charge in [-0.05, 0) is 85.0 Å². The third-order valence-electron chi connectivity index (χ3n) is 7.28. The van der Waals surface area contributed by atoms with E-state index in [1.165, 1.54) is 34.1 Å². The van der Waals surface area contributed by atoms with Gasteiger partial charge in [0.1, 0.15) is 0 Å². The van der Waals surface area contributed by atoms with Crippen LogP contribution in [-0.2, 0) is 0 Å². The third-order valence-corrected chi connectivity index (χ3v) is 8.26. The van der Waals surface area contributed by atoms with Crippen LogP contribution in [0.2, 0.25) is 0 Å². The van der Waals surface area contributed by atoms with Gasteiger partial charge in [0.2, 0.25) is 0 Å². The first-order valence-electron chi connectivity index (χ1n) is 11.9. The molecule has 0 bridgehead atoms. The molecule has 5 rings (SSSR count). The number of thiophene rings is 1. The maximum atomic E-state index is 12.8. The number of aliphatic hydroxyl groups excluding tert-OH is 1. The maximum Gasteiger partial charge on any atom is 0.253 e. The molecule has 1 aliphatic carbocycles. The highest BCUT2D eigenvalue weighted by Gasteiger charge is 2.28. The van der Waals surface area contributed by atoms with Crippen LogP contribution in [0.1, 0.15) is 72.5 Å². The first kappa shape index (κ1) is 21.6. The van der Waals surface area contributed by atoms with Crippen molar-refractivity contribution in [2.24, 2.45) is 0 Å². The number of piperidine rings is 1. The van der Waals surface area contributed by atoms with Gasteiger partial charge in [-0.3, -0.25) is 4.79 Å². The Hall–Kier alpha value is -2.21. The van der Waals surface area contributed by atoms with Gasteiger partial charge >= 0.3 is 0 Å². The molecule has 2 aliphatic rings. The summed E-state index contributed by atoms with van der Waals surface area (Å²) in [6, 6.07) is 17.8. The van der Waals surface area contributed by atoms with Gasteiger partial charge in [-0.2, -0.15) is 0 Å². The van der Waals surface area contributed by atoms with Crippen molar-refractivity contribution in [3.63, 3.8) is 0 Å². The van der Waals surface area contributed by atoms with E-state index in [1.54, 1.807) is 0 Å². The topological polar surface area (TPSA) is 52.6 Å². The lowest BCUT2D eigenvalue weighted by atomic mass is 9.96. The standard InChI is InChI=1S/C27H32N2O2S/c1-18(25-17-32-26-5-3-2-4-24(25)26)28-22-11-10-21(16-22)19-6-8-20(9-7-19)27(31)29-14-12-23(30)13-15-29/h2-9,17-18,21-23,28,30H,10-16H2,1H3/t18-,21+,22?/m1/s1. The highest BCUT2D eigenvalue weighted by molar-refractivity contribution is 7.17. The summed E-state index contributed by atoms with van der Waals surface area (Å²) in [6.07, 6.45) is 4.62. The first-order valence-corrected chi connectivity index (χ1v) is 12.8. The second-order valence-electron chi connectivity index (χ2n) is 9.43.